The number of rotatable bonds is 4. The Balaban J connectivity index is 2.65. The van der Waals surface area contributed by atoms with Crippen molar-refractivity contribution >= 4 is 30.3 Å². The molecular weight excluding hydrogens is 226 g/mol. The number of carbonyl (C=O) groups is 1. The summed E-state index contributed by atoms with van der Waals surface area (Å²) < 4.78 is 0. The van der Waals surface area contributed by atoms with E-state index in [4.69, 9.17) is 0 Å². The molecule has 0 aliphatic heterocycles. The molecule has 1 N–H and O–H groups in total. The third-order valence-corrected chi connectivity index (χ3v) is 3.17. The minimum atomic E-state index is -0.0536. The average molecular weight is 241 g/mol. The number of benzene rings is 1. The summed E-state index contributed by atoms with van der Waals surface area (Å²) >= 11 is 5.96. The minimum Gasteiger partial charge on any atom is -0.349 e. The van der Waals surface area contributed by atoms with Gasteiger partial charge in [-0.1, -0.05) is 12.1 Å². The van der Waals surface area contributed by atoms with Crippen LogP contribution < -0.4 is 5.32 Å². The van der Waals surface area contributed by atoms with Gasteiger partial charge in [0.15, 0.2) is 0 Å². The zero-order chi connectivity index (χ0) is 11.3. The maximum atomic E-state index is 11.8. The molecule has 0 aromatic heterocycles. The first-order chi connectivity index (χ1) is 7.15. The second-order valence-corrected chi connectivity index (χ2v) is 4.74. The summed E-state index contributed by atoms with van der Waals surface area (Å²) in [5, 5.41) is 2.93. The normalized spacial score (nSPS) is 12.2. The van der Waals surface area contributed by atoms with E-state index in [-0.39, 0.29) is 11.9 Å². The fourth-order valence-corrected chi connectivity index (χ4v) is 2.10. The zero-order valence-corrected chi connectivity index (χ0v) is 10.6. The maximum absolute atomic E-state index is 11.8. The monoisotopic (exact) mass is 241 g/mol. The van der Waals surface area contributed by atoms with Crippen LogP contribution >= 0.6 is 24.4 Å². The van der Waals surface area contributed by atoms with Crippen molar-refractivity contribution in [2.75, 3.05) is 12.0 Å². The van der Waals surface area contributed by atoms with E-state index < -0.39 is 0 Å². The lowest BCUT2D eigenvalue weighted by atomic mass is 10.2. The third kappa shape index (κ3) is 3.80. The molecule has 2 nitrogen and oxygen atoms in total. The lowest BCUT2D eigenvalue weighted by Gasteiger charge is -2.13. The van der Waals surface area contributed by atoms with Gasteiger partial charge in [-0.25, -0.2) is 0 Å². The van der Waals surface area contributed by atoms with Crippen LogP contribution in [0.5, 0.6) is 0 Å². The molecular formula is C11H15NOS2. The highest BCUT2D eigenvalue weighted by Gasteiger charge is 2.11. The molecule has 0 saturated heterocycles. The average Bonchev–Trinajstić information content (AvgIpc) is 2.18. The fraction of sp³-hybridized carbons (Fsp3) is 0.364. The van der Waals surface area contributed by atoms with Crippen LogP contribution in [0.25, 0.3) is 0 Å². The van der Waals surface area contributed by atoms with Crippen molar-refractivity contribution in [1.29, 1.82) is 0 Å². The molecule has 0 fully saturated rings. The fourth-order valence-electron chi connectivity index (χ4n) is 1.26. The van der Waals surface area contributed by atoms with Crippen molar-refractivity contribution in [2.24, 2.45) is 0 Å². The number of amides is 1. The second kappa shape index (κ2) is 6.08. The molecule has 82 valence electrons. The topological polar surface area (TPSA) is 29.1 Å². The molecule has 0 radical (unpaired) electrons. The Morgan fingerprint density at radius 3 is 2.80 bits per heavy atom. The molecule has 0 aliphatic carbocycles. The van der Waals surface area contributed by atoms with Gasteiger partial charge in [0.25, 0.3) is 5.91 Å². The third-order valence-electron chi connectivity index (χ3n) is 1.94. The highest BCUT2D eigenvalue weighted by atomic mass is 32.2. The largest absolute Gasteiger partial charge is 0.349 e. The number of hydrogen-bond acceptors (Lipinski definition) is 3. The standard InChI is InChI=1S/C11H15NOS2/c1-8(7-15-2)12-11(13)9-5-3-4-6-10(9)14/h3-6,8,14H,7H2,1-2H3,(H,12,13). The molecule has 0 saturated carbocycles. The first-order valence-corrected chi connectivity index (χ1v) is 6.57. The van der Waals surface area contributed by atoms with Crippen LogP contribution in [0.3, 0.4) is 0 Å². The van der Waals surface area contributed by atoms with Crippen molar-refractivity contribution in [3.05, 3.63) is 29.8 Å². The smallest absolute Gasteiger partial charge is 0.252 e. The van der Waals surface area contributed by atoms with Crippen LogP contribution in [0.15, 0.2) is 29.2 Å². The molecule has 1 aromatic rings. The Kier molecular flexibility index (Phi) is 5.05. The zero-order valence-electron chi connectivity index (χ0n) is 8.86. The molecule has 0 heterocycles. The van der Waals surface area contributed by atoms with Crippen molar-refractivity contribution in [1.82, 2.24) is 5.32 Å². The van der Waals surface area contributed by atoms with Gasteiger partial charge < -0.3 is 5.32 Å². The van der Waals surface area contributed by atoms with Crippen molar-refractivity contribution < 1.29 is 4.79 Å². The summed E-state index contributed by atoms with van der Waals surface area (Å²) in [6.07, 6.45) is 2.02. The van der Waals surface area contributed by atoms with E-state index in [9.17, 15) is 4.79 Å². The van der Waals surface area contributed by atoms with Crippen LogP contribution in [0.4, 0.5) is 0 Å². The van der Waals surface area contributed by atoms with Crippen LogP contribution in [0.1, 0.15) is 17.3 Å². The molecule has 1 rings (SSSR count). The predicted octanol–water partition coefficient (Wildman–Crippen LogP) is 2.46. The Morgan fingerprint density at radius 2 is 2.20 bits per heavy atom. The van der Waals surface area contributed by atoms with E-state index in [0.29, 0.717) is 10.5 Å². The first kappa shape index (κ1) is 12.5. The van der Waals surface area contributed by atoms with E-state index >= 15 is 0 Å². The maximum Gasteiger partial charge on any atom is 0.252 e. The first-order valence-electron chi connectivity index (χ1n) is 4.73. The lowest BCUT2D eigenvalue weighted by molar-refractivity contribution is 0.0941. The molecule has 0 aliphatic rings. The Bertz CT molecular complexity index is 341. The molecule has 15 heavy (non-hydrogen) atoms. The van der Waals surface area contributed by atoms with Gasteiger partial charge in [-0.15, -0.1) is 12.6 Å². The van der Waals surface area contributed by atoms with Gasteiger partial charge in [0.05, 0.1) is 5.56 Å². The van der Waals surface area contributed by atoms with Gasteiger partial charge in [-0.05, 0) is 25.3 Å². The summed E-state index contributed by atoms with van der Waals surface area (Å²) in [5.41, 5.74) is 0.633. The molecule has 1 atom stereocenters. The number of nitrogens with one attached hydrogen (secondary N) is 1. The van der Waals surface area contributed by atoms with E-state index in [1.807, 2.05) is 31.4 Å². The highest BCUT2D eigenvalue weighted by Crippen LogP contribution is 2.12. The van der Waals surface area contributed by atoms with E-state index in [1.165, 1.54) is 0 Å². The predicted molar refractivity (Wildman–Crippen MR) is 69.0 cm³/mol. The van der Waals surface area contributed by atoms with E-state index in [2.05, 4.69) is 17.9 Å². The Labute approximate surface area is 100 Å². The number of thiol groups is 1. The van der Waals surface area contributed by atoms with E-state index in [1.54, 1.807) is 17.8 Å². The molecule has 4 heteroatoms. The van der Waals surface area contributed by atoms with Crippen LogP contribution in [0.2, 0.25) is 0 Å². The molecule has 1 amide bonds. The van der Waals surface area contributed by atoms with E-state index in [0.717, 1.165) is 5.75 Å². The number of hydrogen-bond donors (Lipinski definition) is 2. The van der Waals surface area contributed by atoms with Crippen molar-refractivity contribution in [2.45, 2.75) is 17.9 Å². The second-order valence-electron chi connectivity index (χ2n) is 3.35. The number of carbonyl (C=O) groups excluding carboxylic acids is 1. The highest BCUT2D eigenvalue weighted by molar-refractivity contribution is 7.98. The summed E-state index contributed by atoms with van der Waals surface area (Å²) in [6, 6.07) is 7.49. The van der Waals surface area contributed by atoms with Gasteiger partial charge in [0.1, 0.15) is 0 Å². The van der Waals surface area contributed by atoms with Crippen molar-refractivity contribution in [3.8, 4) is 0 Å². The van der Waals surface area contributed by atoms with Crippen molar-refractivity contribution in [3.63, 3.8) is 0 Å². The Morgan fingerprint density at radius 1 is 1.53 bits per heavy atom. The SMILES string of the molecule is CSCC(C)NC(=O)c1ccccc1S. The quantitative estimate of drug-likeness (QED) is 0.793. The van der Waals surface area contributed by atoms with Gasteiger partial charge in [-0.2, -0.15) is 11.8 Å². The number of thioether (sulfide) groups is 1. The minimum absolute atomic E-state index is 0.0536. The summed E-state index contributed by atoms with van der Waals surface area (Å²) in [4.78, 5) is 12.5. The van der Waals surface area contributed by atoms with Crippen LogP contribution in [0, 0.1) is 0 Å². The molecule has 1 unspecified atom stereocenters. The Hall–Kier alpha value is -0.610. The van der Waals surface area contributed by atoms with Gasteiger partial charge in [0.2, 0.25) is 0 Å². The van der Waals surface area contributed by atoms with Crippen LogP contribution in [-0.4, -0.2) is 24.0 Å². The molecule has 0 bridgehead atoms. The summed E-state index contributed by atoms with van der Waals surface area (Å²) in [6.45, 7) is 2.00. The summed E-state index contributed by atoms with van der Waals surface area (Å²) in [5.74, 6) is 0.864. The van der Waals surface area contributed by atoms with Gasteiger partial charge in [-0.3, -0.25) is 4.79 Å². The molecule has 0 spiro atoms. The van der Waals surface area contributed by atoms with Crippen LogP contribution in [-0.2, 0) is 0 Å². The molecule has 1 aromatic carbocycles. The van der Waals surface area contributed by atoms with Gasteiger partial charge >= 0.3 is 0 Å². The lowest BCUT2D eigenvalue weighted by Crippen LogP contribution is -2.34. The van der Waals surface area contributed by atoms with Gasteiger partial charge in [0, 0.05) is 16.7 Å². The summed E-state index contributed by atoms with van der Waals surface area (Å²) in [7, 11) is 0.